The van der Waals surface area contributed by atoms with E-state index >= 15 is 0 Å². The third kappa shape index (κ3) is 0.579. The second-order valence-electron chi connectivity index (χ2n) is 10.6. The average Bonchev–Trinajstić information content (AvgIpc) is 3.32. The molecule has 10 rings (SSSR count). The highest BCUT2D eigenvalue weighted by Crippen LogP contribution is 3.02. The fourth-order valence-electron chi connectivity index (χ4n) is 12.2. The van der Waals surface area contributed by atoms with Gasteiger partial charge in [0.2, 0.25) is 0 Å². The van der Waals surface area contributed by atoms with E-state index in [2.05, 4.69) is 0 Å². The second kappa shape index (κ2) is 2.59. The Labute approximate surface area is 139 Å². The zero-order valence-corrected chi connectivity index (χ0v) is 13.5. The molecule has 0 N–H and O–H groups in total. The quantitative estimate of drug-likeness (QED) is 0.639. The van der Waals surface area contributed by atoms with Crippen LogP contribution >= 0.6 is 0 Å². The van der Waals surface area contributed by atoms with Crippen LogP contribution in [-0.4, -0.2) is 23.1 Å². The van der Waals surface area contributed by atoms with Crippen molar-refractivity contribution < 1.29 is 19.1 Å². The van der Waals surface area contributed by atoms with E-state index in [4.69, 9.17) is 9.47 Å². The molecule has 2 aliphatic heterocycles. The summed E-state index contributed by atoms with van der Waals surface area (Å²) in [5.41, 5.74) is -1.25. The fraction of sp³-hybridized carbons (Fsp3) is 0.900. The highest BCUT2D eigenvalue weighted by molar-refractivity contribution is 5.99. The van der Waals surface area contributed by atoms with Crippen molar-refractivity contribution in [2.75, 3.05) is 0 Å². The first kappa shape index (κ1) is 11.5. The van der Waals surface area contributed by atoms with Gasteiger partial charge in [-0.3, -0.25) is 9.59 Å². The molecule has 10 fully saturated rings. The summed E-state index contributed by atoms with van der Waals surface area (Å²) in [6.45, 7) is 0. The van der Waals surface area contributed by atoms with E-state index in [0.29, 0.717) is 47.3 Å². The van der Waals surface area contributed by atoms with Crippen LogP contribution in [0.15, 0.2) is 0 Å². The van der Waals surface area contributed by atoms with Gasteiger partial charge in [-0.15, -0.1) is 0 Å². The normalized spacial score (nSPS) is 78.5. The van der Waals surface area contributed by atoms with Crippen molar-refractivity contribution in [2.45, 2.75) is 49.7 Å². The van der Waals surface area contributed by atoms with Crippen LogP contribution in [-0.2, 0) is 19.1 Å². The van der Waals surface area contributed by atoms with Gasteiger partial charge in [-0.05, 0) is 62.2 Å². The summed E-state index contributed by atoms with van der Waals surface area (Å²) in [6.07, 6.45) is 6.80. The minimum atomic E-state index is -0.454. The van der Waals surface area contributed by atoms with Crippen LogP contribution in [0.4, 0.5) is 0 Å². The molecule has 124 valence electrons. The Morgan fingerprint density at radius 1 is 0.750 bits per heavy atom. The molecule has 10 aliphatic rings. The molecule has 0 aromatic heterocycles. The number of rotatable bonds is 0. The lowest BCUT2D eigenvalue weighted by Crippen LogP contribution is -2.62. The van der Waals surface area contributed by atoms with Crippen molar-refractivity contribution >= 4 is 11.9 Å². The Morgan fingerprint density at radius 3 is 1.67 bits per heavy atom. The average molecular weight is 324 g/mol. The molecule has 24 heavy (non-hydrogen) atoms. The molecule has 4 nitrogen and oxygen atoms in total. The van der Waals surface area contributed by atoms with Crippen LogP contribution in [0.2, 0.25) is 0 Å². The highest BCUT2D eigenvalue weighted by Gasteiger charge is 3.09. The molecule has 4 heteroatoms. The van der Waals surface area contributed by atoms with Crippen molar-refractivity contribution in [1.29, 1.82) is 0 Å². The smallest absolute Gasteiger partial charge is 0.314 e. The lowest BCUT2D eigenvalue weighted by atomic mass is 9.45. The SMILES string of the molecule is O=C1O[C@@]23CCC[C@H]2[C@H]2[C@H]4[C@H]5[C@@H]6[C@H]7CCC[C@]78OC(=O)[C@@]2([C@@H]58)[C@]16[C@H]43. The number of carbonyl (C=O) groups excluding carboxylic acids is 2. The maximum atomic E-state index is 13.5. The van der Waals surface area contributed by atoms with Crippen LogP contribution < -0.4 is 0 Å². The van der Waals surface area contributed by atoms with Crippen LogP contribution in [0.25, 0.3) is 0 Å². The number of hydrogen-bond donors (Lipinski definition) is 0. The van der Waals surface area contributed by atoms with E-state index in [-0.39, 0.29) is 23.1 Å². The topological polar surface area (TPSA) is 52.6 Å². The molecule has 0 aromatic rings. The van der Waals surface area contributed by atoms with E-state index in [1.807, 2.05) is 0 Å². The summed E-state index contributed by atoms with van der Waals surface area (Å²) in [5.74, 6) is 3.77. The summed E-state index contributed by atoms with van der Waals surface area (Å²) >= 11 is 0. The van der Waals surface area contributed by atoms with Gasteiger partial charge >= 0.3 is 11.9 Å². The van der Waals surface area contributed by atoms with Gasteiger partial charge in [0.15, 0.2) is 0 Å². The number of hydrogen-bond acceptors (Lipinski definition) is 4. The molecule has 0 radical (unpaired) electrons. The van der Waals surface area contributed by atoms with Crippen molar-refractivity contribution in [3.05, 3.63) is 0 Å². The summed E-state index contributed by atoms with van der Waals surface area (Å²) < 4.78 is 12.6. The van der Waals surface area contributed by atoms with Crippen molar-refractivity contribution in [2.24, 2.45) is 58.2 Å². The summed E-state index contributed by atoms with van der Waals surface area (Å²) in [4.78, 5) is 27.0. The van der Waals surface area contributed by atoms with Gasteiger partial charge in [-0.1, -0.05) is 0 Å². The molecular formula is C20H20O4. The molecule has 2 saturated heterocycles. The lowest BCUT2D eigenvalue weighted by molar-refractivity contribution is -0.166. The van der Waals surface area contributed by atoms with Crippen LogP contribution in [0.3, 0.4) is 0 Å². The third-order valence-electron chi connectivity index (χ3n) is 11.3. The zero-order chi connectivity index (χ0) is 15.4. The Balaban J connectivity index is 1.47. The third-order valence-corrected chi connectivity index (χ3v) is 11.3. The summed E-state index contributed by atoms with van der Waals surface area (Å²) in [6, 6.07) is 0. The number of carbonyl (C=O) groups is 2. The molecule has 0 unspecified atom stereocenters. The Kier molecular flexibility index (Phi) is 1.25. The van der Waals surface area contributed by atoms with Crippen molar-refractivity contribution in [1.82, 2.24) is 0 Å². The van der Waals surface area contributed by atoms with Gasteiger partial charge in [0.25, 0.3) is 0 Å². The number of ether oxygens (including phenoxy) is 2. The maximum Gasteiger partial charge on any atom is 0.314 e. The first-order valence-corrected chi connectivity index (χ1v) is 10.1. The lowest BCUT2D eigenvalue weighted by Gasteiger charge is -2.51. The Hall–Kier alpha value is -1.06. The molecule has 12 atom stereocenters. The van der Waals surface area contributed by atoms with Crippen molar-refractivity contribution in [3.63, 3.8) is 0 Å². The standard InChI is InChI=1S/C20H20O4/c21-15-20-12-8-4-2-6-18(8)14-10(12)9-11(19(14,20)16(22)24-18)7-3-1-5-17(7,23-15)13(9)20/h7-14H,1-6H2/t7-,8+,9+,10-,11-,12-,13+,14-,17-,18-,19+,20+/m0/s1. The molecule has 8 bridgehead atoms. The van der Waals surface area contributed by atoms with Gasteiger partial charge in [-0.2, -0.15) is 0 Å². The highest BCUT2D eigenvalue weighted by atomic mass is 16.6. The van der Waals surface area contributed by atoms with Crippen LogP contribution in [0.5, 0.6) is 0 Å². The van der Waals surface area contributed by atoms with Crippen LogP contribution in [0.1, 0.15) is 38.5 Å². The molecule has 8 saturated carbocycles. The molecule has 8 aliphatic carbocycles. The van der Waals surface area contributed by atoms with E-state index in [1.54, 1.807) is 0 Å². The van der Waals surface area contributed by atoms with Gasteiger partial charge in [-0.25, -0.2) is 0 Å². The Bertz CT molecular complexity index is 767. The van der Waals surface area contributed by atoms with Gasteiger partial charge < -0.3 is 9.47 Å². The zero-order valence-electron chi connectivity index (χ0n) is 13.5. The Morgan fingerprint density at radius 2 is 1.21 bits per heavy atom. The predicted octanol–water partition coefficient (Wildman–Crippen LogP) is 1.92. The minimum Gasteiger partial charge on any atom is -0.458 e. The molecular weight excluding hydrogens is 304 g/mol. The van der Waals surface area contributed by atoms with E-state index in [1.165, 1.54) is 12.8 Å². The van der Waals surface area contributed by atoms with Crippen molar-refractivity contribution in [3.8, 4) is 0 Å². The minimum absolute atomic E-state index is 0.0405. The second-order valence-corrected chi connectivity index (χ2v) is 10.6. The number of esters is 2. The first-order chi connectivity index (χ1) is 11.7. The van der Waals surface area contributed by atoms with Crippen LogP contribution in [0, 0.1) is 58.2 Å². The van der Waals surface area contributed by atoms with E-state index in [9.17, 15) is 9.59 Å². The van der Waals surface area contributed by atoms with E-state index in [0.717, 1.165) is 25.7 Å². The van der Waals surface area contributed by atoms with Gasteiger partial charge in [0, 0.05) is 23.7 Å². The molecule has 0 aromatic carbocycles. The summed E-state index contributed by atoms with van der Waals surface area (Å²) in [7, 11) is 0. The largest absolute Gasteiger partial charge is 0.458 e. The van der Waals surface area contributed by atoms with Gasteiger partial charge in [0.05, 0.1) is 10.8 Å². The molecule has 0 amide bonds. The molecule has 4 spiro atoms. The molecule has 2 heterocycles. The predicted molar refractivity (Wildman–Crippen MR) is 78.1 cm³/mol. The first-order valence-electron chi connectivity index (χ1n) is 10.1. The maximum absolute atomic E-state index is 13.5. The fourth-order valence-corrected chi connectivity index (χ4v) is 12.2. The van der Waals surface area contributed by atoms with E-state index < -0.39 is 10.8 Å². The monoisotopic (exact) mass is 324 g/mol. The van der Waals surface area contributed by atoms with Gasteiger partial charge in [0.1, 0.15) is 11.2 Å². The summed E-state index contributed by atoms with van der Waals surface area (Å²) in [5, 5.41) is 0.